The van der Waals surface area contributed by atoms with Crippen LogP contribution in [0.4, 0.5) is 0 Å². The Hall–Kier alpha value is 1.29. The molecule has 0 amide bonds. The molecule has 0 saturated carbocycles. The fourth-order valence-electron chi connectivity index (χ4n) is 4.13. The van der Waals surface area contributed by atoms with E-state index in [9.17, 15) is 0 Å². The number of hydrogen-bond donors (Lipinski definition) is 0. The summed E-state index contributed by atoms with van der Waals surface area (Å²) in [6, 6.07) is 0. The van der Waals surface area contributed by atoms with E-state index < -0.39 is 0 Å². The Morgan fingerprint density at radius 2 is 0.800 bits per heavy atom. The third kappa shape index (κ3) is 4.40. The second-order valence-electron chi connectivity index (χ2n) is 6.64. The predicted molar refractivity (Wildman–Crippen MR) is 107 cm³/mol. The average molecular weight is 336 g/mol. The zero-order valence-corrected chi connectivity index (χ0v) is 18.1. The molecule has 0 radical (unpaired) electrons. The summed E-state index contributed by atoms with van der Waals surface area (Å²) in [4.78, 5) is 0. The van der Waals surface area contributed by atoms with Crippen molar-refractivity contribution in [3.05, 3.63) is 0 Å². The SMILES string of the molecule is CCCC(P)(CCC)C(P)(CC)C(P)(CCC)CCC. The molecule has 0 fully saturated rings. The van der Waals surface area contributed by atoms with Gasteiger partial charge in [0.1, 0.15) is 0 Å². The van der Waals surface area contributed by atoms with Gasteiger partial charge in [0, 0.05) is 5.16 Å². The first-order valence-corrected chi connectivity index (χ1v) is 10.4. The van der Waals surface area contributed by atoms with Gasteiger partial charge in [-0.2, -0.15) is 0 Å². The van der Waals surface area contributed by atoms with Gasteiger partial charge in [0.25, 0.3) is 0 Å². The van der Waals surface area contributed by atoms with Crippen LogP contribution in [0.3, 0.4) is 0 Å². The van der Waals surface area contributed by atoms with E-state index in [1.54, 1.807) is 0 Å². The lowest BCUT2D eigenvalue weighted by atomic mass is 9.70. The number of rotatable bonds is 11. The minimum absolute atomic E-state index is 0.299. The molecule has 0 rings (SSSR count). The normalized spacial score (nSPS) is 13.8. The van der Waals surface area contributed by atoms with Gasteiger partial charge in [-0.05, 0) is 42.4 Å². The van der Waals surface area contributed by atoms with Crippen LogP contribution < -0.4 is 0 Å². The molecule has 0 saturated heterocycles. The molecule has 0 spiro atoms. The molecule has 122 valence electrons. The lowest BCUT2D eigenvalue weighted by Crippen LogP contribution is -2.57. The topological polar surface area (TPSA) is 0 Å². The van der Waals surface area contributed by atoms with Gasteiger partial charge in [0.05, 0.1) is 0 Å². The van der Waals surface area contributed by atoms with Crippen LogP contribution in [0.15, 0.2) is 0 Å². The standard InChI is InChI=1S/C17H39P3/c1-6-11-15(18,12-7-2)17(20,10-5)16(19,13-8-3)14-9-4/h6-14,18-20H2,1-5H3. The molecule has 20 heavy (non-hydrogen) atoms. The maximum atomic E-state index is 3.34. The van der Waals surface area contributed by atoms with E-state index in [2.05, 4.69) is 62.3 Å². The van der Waals surface area contributed by atoms with Gasteiger partial charge in [0.2, 0.25) is 0 Å². The van der Waals surface area contributed by atoms with Crippen molar-refractivity contribution >= 4 is 27.7 Å². The molecule has 3 atom stereocenters. The van der Waals surface area contributed by atoms with Crippen LogP contribution in [-0.4, -0.2) is 15.5 Å². The van der Waals surface area contributed by atoms with Crippen LogP contribution >= 0.6 is 27.7 Å². The third-order valence-electron chi connectivity index (χ3n) is 5.12. The minimum Gasteiger partial charge on any atom is -0.130 e. The Bertz CT molecular complexity index is 229. The van der Waals surface area contributed by atoms with Crippen molar-refractivity contribution < 1.29 is 0 Å². The summed E-state index contributed by atoms with van der Waals surface area (Å²) < 4.78 is 0. The molecule has 0 bridgehead atoms. The first-order valence-electron chi connectivity index (χ1n) is 8.67. The third-order valence-corrected chi connectivity index (χ3v) is 9.53. The van der Waals surface area contributed by atoms with Crippen molar-refractivity contribution in [2.75, 3.05) is 0 Å². The largest absolute Gasteiger partial charge is 0.130 e. The fraction of sp³-hybridized carbons (Fsp3) is 1.00. The van der Waals surface area contributed by atoms with Crippen LogP contribution in [0.5, 0.6) is 0 Å². The molecule has 0 nitrogen and oxygen atoms in total. The monoisotopic (exact) mass is 336 g/mol. The van der Waals surface area contributed by atoms with Gasteiger partial charge in [0.15, 0.2) is 0 Å². The molecule has 0 aromatic heterocycles. The van der Waals surface area contributed by atoms with Gasteiger partial charge >= 0.3 is 0 Å². The fourth-order valence-corrected chi connectivity index (χ4v) is 7.01. The average Bonchev–Trinajstić information content (AvgIpc) is 2.38. The molecule has 0 aromatic rings. The van der Waals surface area contributed by atoms with Crippen molar-refractivity contribution in [3.63, 3.8) is 0 Å². The molecule has 3 heteroatoms. The van der Waals surface area contributed by atoms with E-state index in [0.29, 0.717) is 15.5 Å². The van der Waals surface area contributed by atoms with Gasteiger partial charge in [-0.25, -0.2) is 0 Å². The summed E-state index contributed by atoms with van der Waals surface area (Å²) in [5.74, 6) is 0. The van der Waals surface area contributed by atoms with Crippen molar-refractivity contribution in [1.29, 1.82) is 0 Å². The summed E-state index contributed by atoms with van der Waals surface area (Å²) in [5.41, 5.74) is 0. The Kier molecular flexibility index (Phi) is 10.0. The number of hydrogen-bond acceptors (Lipinski definition) is 0. The first kappa shape index (κ1) is 21.3. The van der Waals surface area contributed by atoms with Crippen molar-refractivity contribution in [2.24, 2.45) is 0 Å². The maximum absolute atomic E-state index is 3.34. The summed E-state index contributed by atoms with van der Waals surface area (Å²) >= 11 is 0. The van der Waals surface area contributed by atoms with Crippen molar-refractivity contribution in [1.82, 2.24) is 0 Å². The van der Waals surface area contributed by atoms with Crippen molar-refractivity contribution in [2.45, 2.75) is 108 Å². The highest BCUT2D eigenvalue weighted by Gasteiger charge is 2.53. The maximum Gasteiger partial charge on any atom is 0.00278 e. The van der Waals surface area contributed by atoms with Gasteiger partial charge in [-0.1, -0.05) is 60.3 Å². The first-order chi connectivity index (χ1) is 9.30. The van der Waals surface area contributed by atoms with Crippen LogP contribution in [0.1, 0.15) is 92.4 Å². The Balaban J connectivity index is 5.68. The Labute approximate surface area is 136 Å². The second kappa shape index (κ2) is 9.43. The van der Waals surface area contributed by atoms with Crippen LogP contribution in [0.2, 0.25) is 0 Å². The predicted octanol–water partition coefficient (Wildman–Crippen LogP) is 6.44. The van der Waals surface area contributed by atoms with Gasteiger partial charge < -0.3 is 0 Å². The highest BCUT2D eigenvalue weighted by Crippen LogP contribution is 2.59. The van der Waals surface area contributed by atoms with E-state index in [-0.39, 0.29) is 0 Å². The summed E-state index contributed by atoms with van der Waals surface area (Å²) in [7, 11) is 9.94. The van der Waals surface area contributed by atoms with E-state index in [0.717, 1.165) is 0 Å². The summed E-state index contributed by atoms with van der Waals surface area (Å²) in [6.07, 6.45) is 11.6. The molecule has 0 aliphatic heterocycles. The molecule has 0 aliphatic carbocycles. The zero-order chi connectivity index (χ0) is 15.9. The van der Waals surface area contributed by atoms with Crippen LogP contribution in [0, 0.1) is 0 Å². The van der Waals surface area contributed by atoms with Crippen LogP contribution in [-0.2, 0) is 0 Å². The Morgan fingerprint density at radius 3 is 0.950 bits per heavy atom. The summed E-state index contributed by atoms with van der Waals surface area (Å²) in [6.45, 7) is 11.7. The highest BCUT2D eigenvalue weighted by molar-refractivity contribution is 7.28. The molecule has 0 N–H and O–H groups in total. The lowest BCUT2D eigenvalue weighted by molar-refractivity contribution is 0.262. The van der Waals surface area contributed by atoms with E-state index >= 15 is 0 Å². The van der Waals surface area contributed by atoms with E-state index in [1.807, 2.05) is 0 Å². The summed E-state index contributed by atoms with van der Waals surface area (Å²) in [5, 5.41) is 0.997. The highest BCUT2D eigenvalue weighted by atomic mass is 31.0. The molecule has 0 heterocycles. The lowest BCUT2D eigenvalue weighted by Gasteiger charge is -2.57. The molecule has 0 aliphatic rings. The minimum atomic E-state index is 0.299. The molecule has 0 aromatic carbocycles. The van der Waals surface area contributed by atoms with Crippen LogP contribution in [0.25, 0.3) is 0 Å². The Morgan fingerprint density at radius 1 is 0.550 bits per heavy atom. The smallest absolute Gasteiger partial charge is 0.00278 e. The molecular weight excluding hydrogens is 297 g/mol. The quantitative estimate of drug-likeness (QED) is 0.381. The zero-order valence-electron chi connectivity index (χ0n) is 14.6. The molecular formula is C17H39P3. The van der Waals surface area contributed by atoms with Gasteiger partial charge in [-0.15, -0.1) is 27.7 Å². The second-order valence-corrected chi connectivity index (χ2v) is 9.83. The van der Waals surface area contributed by atoms with E-state index in [4.69, 9.17) is 0 Å². The molecule has 3 unspecified atom stereocenters. The van der Waals surface area contributed by atoms with E-state index in [1.165, 1.54) is 57.8 Å². The van der Waals surface area contributed by atoms with Gasteiger partial charge in [-0.3, -0.25) is 0 Å². The van der Waals surface area contributed by atoms with Crippen molar-refractivity contribution in [3.8, 4) is 0 Å².